The molecule has 1 rings (SSSR count). The van der Waals surface area contributed by atoms with E-state index in [-0.39, 0.29) is 15.4 Å². The van der Waals surface area contributed by atoms with Crippen molar-refractivity contribution in [3.05, 3.63) is 28.0 Å². The summed E-state index contributed by atoms with van der Waals surface area (Å²) in [5.41, 5.74) is 0.479. The molecule has 0 aliphatic heterocycles. The molecular formula is C7H5Cl2NOS. The van der Waals surface area contributed by atoms with Crippen molar-refractivity contribution in [2.24, 2.45) is 0 Å². The number of rotatable bonds is 1. The Hall–Kier alpha value is -0.250. The van der Waals surface area contributed by atoms with Gasteiger partial charge in [0.2, 0.25) is 5.12 Å². The van der Waals surface area contributed by atoms with Gasteiger partial charge in [-0.25, -0.2) is 4.98 Å². The molecule has 0 N–H and O–H groups in total. The van der Waals surface area contributed by atoms with E-state index >= 15 is 0 Å². The van der Waals surface area contributed by atoms with Gasteiger partial charge in [-0.15, -0.1) is 0 Å². The molecule has 0 aromatic carbocycles. The summed E-state index contributed by atoms with van der Waals surface area (Å²) in [5, 5.41) is 0.404. The van der Waals surface area contributed by atoms with Gasteiger partial charge in [-0.05, 0) is 18.4 Å². The SMILES string of the molecule is CSC(=O)c1cc(Cl)nc(Cl)c1. The lowest BCUT2D eigenvalue weighted by Gasteiger charge is -1.97. The normalized spacial score (nSPS) is 9.92. The standard InChI is InChI=1S/C7H5Cl2NOS/c1-12-7(11)4-2-5(8)10-6(9)3-4/h2-3H,1H3. The first-order valence-corrected chi connectivity index (χ1v) is 5.03. The van der Waals surface area contributed by atoms with Crippen molar-refractivity contribution in [3.63, 3.8) is 0 Å². The van der Waals surface area contributed by atoms with Crippen LogP contribution in [0, 0.1) is 0 Å². The first kappa shape index (κ1) is 9.84. The van der Waals surface area contributed by atoms with Gasteiger partial charge in [0.1, 0.15) is 10.3 Å². The molecule has 0 fully saturated rings. The number of hydrogen-bond donors (Lipinski definition) is 0. The third kappa shape index (κ3) is 2.37. The van der Waals surface area contributed by atoms with Crippen molar-refractivity contribution in [3.8, 4) is 0 Å². The summed E-state index contributed by atoms with van der Waals surface area (Å²) in [7, 11) is 0. The number of hydrogen-bond acceptors (Lipinski definition) is 3. The number of halogens is 2. The van der Waals surface area contributed by atoms with Gasteiger partial charge in [-0.2, -0.15) is 0 Å². The fourth-order valence-corrected chi connectivity index (χ4v) is 1.51. The monoisotopic (exact) mass is 221 g/mol. The van der Waals surface area contributed by atoms with E-state index in [1.165, 1.54) is 12.1 Å². The van der Waals surface area contributed by atoms with Gasteiger partial charge in [0.25, 0.3) is 0 Å². The van der Waals surface area contributed by atoms with Crippen molar-refractivity contribution >= 4 is 40.1 Å². The van der Waals surface area contributed by atoms with Crippen molar-refractivity contribution in [2.75, 3.05) is 6.26 Å². The molecule has 0 aliphatic rings. The largest absolute Gasteiger partial charge is 0.282 e. The van der Waals surface area contributed by atoms with Crippen molar-refractivity contribution in [1.29, 1.82) is 0 Å². The molecule has 0 aliphatic carbocycles. The Balaban J connectivity index is 3.08. The van der Waals surface area contributed by atoms with Crippen LogP contribution in [0.4, 0.5) is 0 Å². The summed E-state index contributed by atoms with van der Waals surface area (Å²) in [6, 6.07) is 2.98. The fourth-order valence-electron chi connectivity index (χ4n) is 0.701. The maximum absolute atomic E-state index is 11.1. The van der Waals surface area contributed by atoms with Crippen molar-refractivity contribution in [1.82, 2.24) is 4.98 Å². The van der Waals surface area contributed by atoms with Crippen LogP contribution in [0.3, 0.4) is 0 Å². The van der Waals surface area contributed by atoms with Crippen LogP contribution >= 0.6 is 35.0 Å². The molecule has 0 spiro atoms. The summed E-state index contributed by atoms with van der Waals surface area (Å²) in [5.74, 6) is 0. The first-order valence-electron chi connectivity index (χ1n) is 3.05. The Bertz CT molecular complexity index is 296. The van der Waals surface area contributed by atoms with Crippen molar-refractivity contribution < 1.29 is 4.79 Å². The highest BCUT2D eigenvalue weighted by Gasteiger charge is 2.06. The Morgan fingerprint density at radius 2 is 1.92 bits per heavy atom. The minimum absolute atomic E-state index is 0.0683. The van der Waals surface area contributed by atoms with E-state index in [4.69, 9.17) is 23.2 Å². The Labute approximate surface area is 84.3 Å². The second kappa shape index (κ2) is 4.12. The quantitative estimate of drug-likeness (QED) is 0.684. The average Bonchev–Trinajstić information content (AvgIpc) is 2.01. The highest BCUT2D eigenvalue weighted by atomic mass is 35.5. The number of aromatic nitrogens is 1. The van der Waals surface area contributed by atoms with E-state index in [0.717, 1.165) is 11.8 Å². The maximum Gasteiger partial charge on any atom is 0.219 e. The lowest BCUT2D eigenvalue weighted by molar-refractivity contribution is 0.108. The Morgan fingerprint density at radius 1 is 1.42 bits per heavy atom. The van der Waals surface area contributed by atoms with Crippen LogP contribution in [0.1, 0.15) is 10.4 Å². The smallest absolute Gasteiger partial charge is 0.219 e. The van der Waals surface area contributed by atoms with Gasteiger partial charge in [0.15, 0.2) is 0 Å². The molecule has 12 heavy (non-hydrogen) atoms. The first-order chi connectivity index (χ1) is 5.63. The molecule has 0 saturated carbocycles. The second-order valence-electron chi connectivity index (χ2n) is 1.99. The van der Waals surface area contributed by atoms with Gasteiger partial charge < -0.3 is 0 Å². The average molecular weight is 222 g/mol. The summed E-state index contributed by atoms with van der Waals surface area (Å²) in [6.07, 6.45) is 1.70. The number of carbonyl (C=O) groups is 1. The summed E-state index contributed by atoms with van der Waals surface area (Å²) in [4.78, 5) is 14.9. The molecule has 0 amide bonds. The molecule has 1 aromatic rings. The van der Waals surface area contributed by atoms with E-state index in [2.05, 4.69) is 4.98 Å². The molecule has 0 saturated heterocycles. The molecule has 0 unspecified atom stereocenters. The molecule has 0 atom stereocenters. The van der Waals surface area contributed by atoms with Crippen LogP contribution in [-0.2, 0) is 0 Å². The molecule has 1 aromatic heterocycles. The zero-order valence-electron chi connectivity index (χ0n) is 6.17. The summed E-state index contributed by atoms with van der Waals surface area (Å²) >= 11 is 12.3. The van der Waals surface area contributed by atoms with E-state index in [1.807, 2.05) is 0 Å². The number of carbonyl (C=O) groups excluding carboxylic acids is 1. The van der Waals surface area contributed by atoms with Crippen LogP contribution in [0.15, 0.2) is 12.1 Å². The van der Waals surface area contributed by atoms with Crippen LogP contribution < -0.4 is 0 Å². The zero-order valence-corrected chi connectivity index (χ0v) is 8.50. The highest BCUT2D eigenvalue weighted by Crippen LogP contribution is 2.17. The fraction of sp³-hybridized carbons (Fsp3) is 0.143. The molecule has 1 heterocycles. The minimum Gasteiger partial charge on any atom is -0.282 e. The van der Waals surface area contributed by atoms with Crippen molar-refractivity contribution in [2.45, 2.75) is 0 Å². The maximum atomic E-state index is 11.1. The molecule has 5 heteroatoms. The topological polar surface area (TPSA) is 30.0 Å². The molecule has 0 bridgehead atoms. The predicted octanol–water partition coefficient (Wildman–Crippen LogP) is 2.89. The van der Waals surface area contributed by atoms with Gasteiger partial charge >= 0.3 is 0 Å². The molecule has 2 nitrogen and oxygen atoms in total. The lowest BCUT2D eigenvalue weighted by Crippen LogP contribution is -1.93. The zero-order chi connectivity index (χ0) is 9.14. The minimum atomic E-state index is -0.0683. The van der Waals surface area contributed by atoms with Gasteiger partial charge in [-0.1, -0.05) is 35.0 Å². The number of nitrogens with zero attached hydrogens (tertiary/aromatic N) is 1. The molecular weight excluding hydrogens is 217 g/mol. The second-order valence-corrected chi connectivity index (χ2v) is 3.55. The molecule has 64 valence electrons. The third-order valence-corrected chi connectivity index (χ3v) is 2.18. The van der Waals surface area contributed by atoms with Crippen LogP contribution in [0.2, 0.25) is 10.3 Å². The lowest BCUT2D eigenvalue weighted by atomic mass is 10.3. The molecule has 0 radical (unpaired) electrons. The van der Waals surface area contributed by atoms with Gasteiger partial charge in [0.05, 0.1) is 0 Å². The number of thioether (sulfide) groups is 1. The van der Waals surface area contributed by atoms with Crippen LogP contribution in [0.25, 0.3) is 0 Å². The van der Waals surface area contributed by atoms with E-state index in [9.17, 15) is 4.79 Å². The van der Waals surface area contributed by atoms with Gasteiger partial charge in [0, 0.05) is 5.56 Å². The highest BCUT2D eigenvalue weighted by molar-refractivity contribution is 8.13. The van der Waals surface area contributed by atoms with Crippen LogP contribution in [-0.4, -0.2) is 16.4 Å². The Morgan fingerprint density at radius 3 is 2.33 bits per heavy atom. The van der Waals surface area contributed by atoms with E-state index < -0.39 is 0 Å². The van der Waals surface area contributed by atoms with Gasteiger partial charge in [-0.3, -0.25) is 4.79 Å². The third-order valence-electron chi connectivity index (χ3n) is 1.18. The van der Waals surface area contributed by atoms with Crippen LogP contribution in [0.5, 0.6) is 0 Å². The van der Waals surface area contributed by atoms with E-state index in [0.29, 0.717) is 5.56 Å². The summed E-state index contributed by atoms with van der Waals surface area (Å²) in [6.45, 7) is 0. The predicted molar refractivity (Wildman–Crippen MR) is 52.1 cm³/mol. The number of pyridine rings is 1. The summed E-state index contributed by atoms with van der Waals surface area (Å²) < 4.78 is 0. The Kier molecular flexibility index (Phi) is 3.38. The van der Waals surface area contributed by atoms with E-state index in [1.54, 1.807) is 6.26 Å².